The fraction of sp³-hybridized carbons (Fsp3) is 0.529. The Bertz CT molecular complexity index is 451. The highest BCUT2D eigenvalue weighted by atomic mass is 19.1. The molecule has 0 amide bonds. The van der Waals surface area contributed by atoms with Gasteiger partial charge in [0.2, 0.25) is 0 Å². The number of halogens is 1. The molecule has 0 bridgehead atoms. The first-order valence-corrected chi connectivity index (χ1v) is 7.41. The highest BCUT2D eigenvalue weighted by molar-refractivity contribution is 5.33. The zero-order valence-electron chi connectivity index (χ0n) is 12.0. The van der Waals surface area contributed by atoms with Crippen LogP contribution in [0.25, 0.3) is 0 Å². The quantitative estimate of drug-likeness (QED) is 0.759. The molecule has 0 aromatic heterocycles. The molecule has 0 saturated carbocycles. The molecule has 2 heteroatoms. The van der Waals surface area contributed by atoms with E-state index in [1.54, 1.807) is 0 Å². The SMILES string of the molecule is CCCNC(C1=CCCCC1)c1cccc(C)c1F. The molecule has 1 atom stereocenters. The maximum Gasteiger partial charge on any atom is 0.131 e. The molecule has 1 aliphatic rings. The summed E-state index contributed by atoms with van der Waals surface area (Å²) in [6, 6.07) is 5.77. The van der Waals surface area contributed by atoms with Crippen molar-refractivity contribution in [1.29, 1.82) is 0 Å². The van der Waals surface area contributed by atoms with E-state index in [4.69, 9.17) is 0 Å². The van der Waals surface area contributed by atoms with Crippen LogP contribution >= 0.6 is 0 Å². The van der Waals surface area contributed by atoms with Gasteiger partial charge in [0.1, 0.15) is 5.82 Å². The van der Waals surface area contributed by atoms with Crippen LogP contribution in [0.15, 0.2) is 29.8 Å². The van der Waals surface area contributed by atoms with Gasteiger partial charge in [0.05, 0.1) is 6.04 Å². The molecule has 0 aliphatic heterocycles. The largest absolute Gasteiger partial charge is 0.306 e. The topological polar surface area (TPSA) is 12.0 Å². The average Bonchev–Trinajstić information content (AvgIpc) is 2.45. The van der Waals surface area contributed by atoms with Gasteiger partial charge in [-0.25, -0.2) is 4.39 Å². The van der Waals surface area contributed by atoms with E-state index in [0.29, 0.717) is 0 Å². The average molecular weight is 261 g/mol. The van der Waals surface area contributed by atoms with Gasteiger partial charge >= 0.3 is 0 Å². The molecule has 1 unspecified atom stereocenters. The van der Waals surface area contributed by atoms with Crippen molar-refractivity contribution in [2.75, 3.05) is 6.54 Å². The van der Waals surface area contributed by atoms with E-state index in [1.807, 2.05) is 25.1 Å². The van der Waals surface area contributed by atoms with Crippen molar-refractivity contribution < 1.29 is 4.39 Å². The first-order valence-electron chi connectivity index (χ1n) is 7.41. The Labute approximate surface area is 115 Å². The third kappa shape index (κ3) is 3.44. The maximum absolute atomic E-state index is 14.4. The van der Waals surface area contributed by atoms with Crippen molar-refractivity contribution in [2.24, 2.45) is 0 Å². The Balaban J connectivity index is 2.30. The fourth-order valence-electron chi connectivity index (χ4n) is 2.75. The summed E-state index contributed by atoms with van der Waals surface area (Å²) in [5.74, 6) is -0.0532. The minimum Gasteiger partial charge on any atom is -0.306 e. The van der Waals surface area contributed by atoms with Crippen LogP contribution < -0.4 is 5.32 Å². The molecule has 0 fully saturated rings. The summed E-state index contributed by atoms with van der Waals surface area (Å²) >= 11 is 0. The van der Waals surface area contributed by atoms with Gasteiger partial charge in [0.15, 0.2) is 0 Å². The van der Waals surface area contributed by atoms with Crippen molar-refractivity contribution in [2.45, 2.75) is 52.0 Å². The fourth-order valence-corrected chi connectivity index (χ4v) is 2.75. The third-order valence-electron chi connectivity index (χ3n) is 3.83. The summed E-state index contributed by atoms with van der Waals surface area (Å²) in [7, 11) is 0. The molecule has 1 aliphatic carbocycles. The monoisotopic (exact) mass is 261 g/mol. The van der Waals surface area contributed by atoms with E-state index in [-0.39, 0.29) is 11.9 Å². The van der Waals surface area contributed by atoms with Crippen molar-refractivity contribution in [3.8, 4) is 0 Å². The zero-order valence-corrected chi connectivity index (χ0v) is 12.0. The summed E-state index contributed by atoms with van der Waals surface area (Å²) in [6.45, 7) is 4.91. The van der Waals surface area contributed by atoms with Gasteiger partial charge in [-0.15, -0.1) is 0 Å². The van der Waals surface area contributed by atoms with E-state index >= 15 is 0 Å². The maximum atomic E-state index is 14.4. The Morgan fingerprint density at radius 1 is 1.32 bits per heavy atom. The normalized spacial score (nSPS) is 17.1. The van der Waals surface area contributed by atoms with Crippen LogP contribution in [0.2, 0.25) is 0 Å². The van der Waals surface area contributed by atoms with Crippen LogP contribution in [-0.2, 0) is 0 Å². The molecule has 1 N–H and O–H groups in total. The highest BCUT2D eigenvalue weighted by Gasteiger charge is 2.21. The van der Waals surface area contributed by atoms with E-state index in [1.165, 1.54) is 18.4 Å². The molecule has 0 radical (unpaired) electrons. The molecular formula is C17H24FN. The minimum absolute atomic E-state index is 0.0532. The van der Waals surface area contributed by atoms with Crippen molar-refractivity contribution in [1.82, 2.24) is 5.32 Å². The molecular weight excluding hydrogens is 237 g/mol. The summed E-state index contributed by atoms with van der Waals surface area (Å²) in [5, 5.41) is 3.52. The number of allylic oxidation sites excluding steroid dienone is 1. The summed E-state index contributed by atoms with van der Waals surface area (Å²) < 4.78 is 14.4. The standard InChI is InChI=1S/C17H24FN/c1-3-12-19-17(14-9-5-4-6-10-14)15-11-7-8-13(2)16(15)18/h7-9,11,17,19H,3-6,10,12H2,1-2H3. The number of hydrogen-bond donors (Lipinski definition) is 1. The Morgan fingerprint density at radius 2 is 2.16 bits per heavy atom. The lowest BCUT2D eigenvalue weighted by atomic mass is 9.89. The number of rotatable bonds is 5. The molecule has 2 rings (SSSR count). The van der Waals surface area contributed by atoms with Crippen LogP contribution in [0, 0.1) is 12.7 Å². The van der Waals surface area contributed by atoms with Crippen molar-refractivity contribution in [3.05, 3.63) is 46.8 Å². The number of hydrogen-bond acceptors (Lipinski definition) is 1. The predicted molar refractivity (Wildman–Crippen MR) is 78.7 cm³/mol. The second-order valence-electron chi connectivity index (χ2n) is 5.39. The van der Waals surface area contributed by atoms with Gasteiger partial charge in [-0.3, -0.25) is 0 Å². The van der Waals surface area contributed by atoms with Gasteiger partial charge in [-0.1, -0.05) is 36.8 Å². The lowest BCUT2D eigenvalue weighted by Crippen LogP contribution is -2.25. The Hall–Kier alpha value is -1.15. The number of aryl methyl sites for hydroxylation is 1. The summed E-state index contributed by atoms with van der Waals surface area (Å²) in [6.07, 6.45) is 8.08. The molecule has 0 spiro atoms. The smallest absolute Gasteiger partial charge is 0.131 e. The van der Waals surface area contributed by atoms with Crippen LogP contribution in [0.1, 0.15) is 56.2 Å². The van der Waals surface area contributed by atoms with Crippen LogP contribution in [0.4, 0.5) is 4.39 Å². The predicted octanol–water partition coefficient (Wildman–Crippen LogP) is 4.68. The molecule has 0 heterocycles. The van der Waals surface area contributed by atoms with E-state index < -0.39 is 0 Å². The zero-order chi connectivity index (χ0) is 13.7. The molecule has 1 nitrogen and oxygen atoms in total. The Morgan fingerprint density at radius 3 is 2.84 bits per heavy atom. The summed E-state index contributed by atoms with van der Waals surface area (Å²) in [4.78, 5) is 0. The van der Waals surface area contributed by atoms with Crippen molar-refractivity contribution in [3.63, 3.8) is 0 Å². The van der Waals surface area contributed by atoms with Crippen LogP contribution in [-0.4, -0.2) is 6.54 Å². The lowest BCUT2D eigenvalue weighted by molar-refractivity contribution is 0.513. The van der Waals surface area contributed by atoms with Gasteiger partial charge in [0, 0.05) is 5.56 Å². The van der Waals surface area contributed by atoms with Gasteiger partial charge in [-0.2, -0.15) is 0 Å². The third-order valence-corrected chi connectivity index (χ3v) is 3.83. The first kappa shape index (κ1) is 14.3. The molecule has 0 saturated heterocycles. The molecule has 1 aromatic rings. The van der Waals surface area contributed by atoms with E-state index in [9.17, 15) is 4.39 Å². The lowest BCUT2D eigenvalue weighted by Gasteiger charge is -2.25. The van der Waals surface area contributed by atoms with Crippen LogP contribution in [0.5, 0.6) is 0 Å². The molecule has 19 heavy (non-hydrogen) atoms. The highest BCUT2D eigenvalue weighted by Crippen LogP contribution is 2.31. The summed E-state index contributed by atoms with van der Waals surface area (Å²) in [5.41, 5.74) is 2.91. The molecule has 1 aromatic carbocycles. The number of benzene rings is 1. The number of nitrogens with one attached hydrogen (secondary N) is 1. The van der Waals surface area contributed by atoms with E-state index in [0.717, 1.165) is 36.9 Å². The minimum atomic E-state index is -0.0532. The first-order chi connectivity index (χ1) is 9.24. The molecule has 104 valence electrons. The van der Waals surface area contributed by atoms with Crippen LogP contribution in [0.3, 0.4) is 0 Å². The second-order valence-corrected chi connectivity index (χ2v) is 5.39. The van der Waals surface area contributed by atoms with Gasteiger partial charge in [0.25, 0.3) is 0 Å². The van der Waals surface area contributed by atoms with Gasteiger partial charge < -0.3 is 5.32 Å². The Kier molecular flexibility index (Phi) is 5.15. The second kappa shape index (κ2) is 6.85. The van der Waals surface area contributed by atoms with Gasteiger partial charge in [-0.05, 0) is 51.1 Å². The van der Waals surface area contributed by atoms with E-state index in [2.05, 4.69) is 18.3 Å². The van der Waals surface area contributed by atoms with Crippen molar-refractivity contribution >= 4 is 0 Å².